The van der Waals surface area contributed by atoms with Gasteiger partial charge in [0.2, 0.25) is 5.91 Å². The normalized spacial score (nSPS) is 13.8. The van der Waals surface area contributed by atoms with Gasteiger partial charge >= 0.3 is 0 Å². The number of ether oxygens (including phenoxy) is 2. The molecular weight excluding hydrogens is 434 g/mol. The number of thiophene rings is 1. The number of amides is 1. The summed E-state index contributed by atoms with van der Waals surface area (Å²) in [5.41, 5.74) is 1.98. The minimum Gasteiger partial charge on any atom is -0.497 e. The molecule has 1 unspecified atom stereocenters. The molecule has 1 amide bonds. The van der Waals surface area contributed by atoms with E-state index in [-0.39, 0.29) is 23.3 Å². The van der Waals surface area contributed by atoms with E-state index in [0.29, 0.717) is 16.7 Å². The van der Waals surface area contributed by atoms with Crippen molar-refractivity contribution in [3.05, 3.63) is 44.6 Å². The second kappa shape index (κ2) is 8.92. The van der Waals surface area contributed by atoms with E-state index in [9.17, 15) is 9.59 Å². The van der Waals surface area contributed by atoms with Crippen molar-refractivity contribution in [1.29, 1.82) is 0 Å². The standard InChI is InChI=1S/C22H25N3O4S2/c1-12(15-10-13(28-3)8-9-16(15)29-4)23-18(26)11-30-22-24-20-19(21(27)25(22)2)14-6-5-7-17(14)31-20/h8-10,12H,5-7,11H2,1-4H3,(H,23,26). The zero-order chi connectivity index (χ0) is 22.1. The Labute approximate surface area is 188 Å². The molecule has 2 aromatic heterocycles. The Hall–Kier alpha value is -2.52. The fourth-order valence-corrected chi connectivity index (χ4v) is 5.99. The first-order valence-electron chi connectivity index (χ1n) is 10.1. The lowest BCUT2D eigenvalue weighted by molar-refractivity contribution is -0.119. The lowest BCUT2D eigenvalue weighted by Crippen LogP contribution is -2.29. The predicted molar refractivity (Wildman–Crippen MR) is 124 cm³/mol. The van der Waals surface area contributed by atoms with Crippen LogP contribution in [0.15, 0.2) is 28.2 Å². The number of hydrogen-bond donors (Lipinski definition) is 1. The molecule has 0 aliphatic heterocycles. The number of nitrogens with one attached hydrogen (secondary N) is 1. The molecule has 4 rings (SSSR count). The van der Waals surface area contributed by atoms with Crippen LogP contribution in [0.5, 0.6) is 11.5 Å². The van der Waals surface area contributed by atoms with Crippen LogP contribution in [0.1, 0.15) is 35.4 Å². The number of methoxy groups -OCH3 is 2. The zero-order valence-corrected chi connectivity index (χ0v) is 19.6. The van der Waals surface area contributed by atoms with E-state index < -0.39 is 0 Å². The largest absolute Gasteiger partial charge is 0.497 e. The first-order chi connectivity index (χ1) is 14.9. The summed E-state index contributed by atoms with van der Waals surface area (Å²) in [6.45, 7) is 1.90. The third kappa shape index (κ3) is 4.16. The van der Waals surface area contributed by atoms with Crippen LogP contribution in [-0.4, -0.2) is 35.4 Å². The second-order valence-electron chi connectivity index (χ2n) is 7.48. The Morgan fingerprint density at radius 2 is 2.13 bits per heavy atom. The van der Waals surface area contributed by atoms with Crippen molar-refractivity contribution in [3.8, 4) is 11.5 Å². The van der Waals surface area contributed by atoms with Crippen LogP contribution in [0, 0.1) is 0 Å². The highest BCUT2D eigenvalue weighted by atomic mass is 32.2. The summed E-state index contributed by atoms with van der Waals surface area (Å²) in [4.78, 5) is 32.3. The number of aromatic nitrogens is 2. The van der Waals surface area contributed by atoms with Crippen molar-refractivity contribution in [2.75, 3.05) is 20.0 Å². The summed E-state index contributed by atoms with van der Waals surface area (Å²) in [6.07, 6.45) is 3.08. The van der Waals surface area contributed by atoms with Crippen molar-refractivity contribution in [1.82, 2.24) is 14.9 Å². The lowest BCUT2D eigenvalue weighted by atomic mass is 10.1. The van der Waals surface area contributed by atoms with E-state index in [4.69, 9.17) is 9.47 Å². The number of carbonyl (C=O) groups is 1. The molecule has 1 aromatic carbocycles. The molecule has 164 valence electrons. The van der Waals surface area contributed by atoms with Crippen LogP contribution >= 0.6 is 23.1 Å². The fraction of sp³-hybridized carbons (Fsp3) is 0.409. The Morgan fingerprint density at radius 1 is 1.32 bits per heavy atom. The average molecular weight is 460 g/mol. The molecule has 7 nitrogen and oxygen atoms in total. The molecular formula is C22H25N3O4S2. The minimum atomic E-state index is -0.266. The molecule has 2 heterocycles. The maximum Gasteiger partial charge on any atom is 0.262 e. The van der Waals surface area contributed by atoms with E-state index in [1.807, 2.05) is 25.1 Å². The first-order valence-corrected chi connectivity index (χ1v) is 11.9. The minimum absolute atomic E-state index is 0.0261. The number of carbonyl (C=O) groups excluding carboxylic acids is 1. The topological polar surface area (TPSA) is 82.5 Å². The summed E-state index contributed by atoms with van der Waals surface area (Å²) in [6, 6.07) is 5.22. The predicted octanol–water partition coefficient (Wildman–Crippen LogP) is 3.47. The van der Waals surface area contributed by atoms with E-state index in [2.05, 4.69) is 10.3 Å². The van der Waals surface area contributed by atoms with Crippen LogP contribution in [-0.2, 0) is 24.7 Å². The summed E-state index contributed by atoms with van der Waals surface area (Å²) in [5.74, 6) is 1.39. The lowest BCUT2D eigenvalue weighted by Gasteiger charge is -2.18. The number of fused-ring (bicyclic) bond motifs is 3. The maximum atomic E-state index is 12.9. The molecule has 31 heavy (non-hydrogen) atoms. The molecule has 9 heteroatoms. The van der Waals surface area contributed by atoms with Gasteiger partial charge in [0.15, 0.2) is 5.16 Å². The van der Waals surface area contributed by atoms with E-state index >= 15 is 0 Å². The molecule has 0 radical (unpaired) electrons. The Kier molecular flexibility index (Phi) is 6.24. The number of rotatable bonds is 7. The molecule has 0 spiro atoms. The molecule has 1 atom stereocenters. The van der Waals surface area contributed by atoms with Gasteiger partial charge in [0.05, 0.1) is 31.4 Å². The summed E-state index contributed by atoms with van der Waals surface area (Å²) >= 11 is 2.88. The number of aryl methyl sites for hydroxylation is 2. The van der Waals surface area contributed by atoms with Gasteiger partial charge in [-0.3, -0.25) is 14.2 Å². The summed E-state index contributed by atoms with van der Waals surface area (Å²) in [7, 11) is 4.91. The van der Waals surface area contributed by atoms with Crippen LogP contribution in [0.25, 0.3) is 10.2 Å². The van der Waals surface area contributed by atoms with Crippen molar-refractivity contribution in [2.45, 2.75) is 37.4 Å². The number of benzene rings is 1. The quantitative estimate of drug-likeness (QED) is 0.430. The third-order valence-electron chi connectivity index (χ3n) is 5.52. The number of hydrogen-bond acceptors (Lipinski definition) is 7. The van der Waals surface area contributed by atoms with E-state index in [1.165, 1.54) is 22.2 Å². The Bertz CT molecular complexity index is 1200. The van der Waals surface area contributed by atoms with Gasteiger partial charge in [-0.05, 0) is 49.9 Å². The molecule has 1 N–H and O–H groups in total. The van der Waals surface area contributed by atoms with Gasteiger partial charge in [0.1, 0.15) is 16.3 Å². The third-order valence-corrected chi connectivity index (χ3v) is 7.73. The van der Waals surface area contributed by atoms with Crippen molar-refractivity contribution < 1.29 is 14.3 Å². The molecule has 0 fully saturated rings. The fourth-order valence-electron chi connectivity index (χ4n) is 3.90. The first kappa shape index (κ1) is 21.7. The van der Waals surface area contributed by atoms with E-state index in [1.54, 1.807) is 37.2 Å². The van der Waals surface area contributed by atoms with Crippen molar-refractivity contribution >= 4 is 39.2 Å². The summed E-state index contributed by atoms with van der Waals surface area (Å²) < 4.78 is 12.3. The van der Waals surface area contributed by atoms with Gasteiger partial charge in [-0.2, -0.15) is 0 Å². The average Bonchev–Trinajstić information content (AvgIpc) is 3.35. The van der Waals surface area contributed by atoms with Crippen LogP contribution in [0.2, 0.25) is 0 Å². The smallest absolute Gasteiger partial charge is 0.262 e. The van der Waals surface area contributed by atoms with Gasteiger partial charge in [-0.1, -0.05) is 11.8 Å². The molecule has 0 saturated carbocycles. The summed E-state index contributed by atoms with van der Waals surface area (Å²) in [5, 5.41) is 4.30. The van der Waals surface area contributed by atoms with Crippen LogP contribution in [0.3, 0.4) is 0 Å². The molecule has 3 aromatic rings. The molecule has 1 aliphatic rings. The zero-order valence-electron chi connectivity index (χ0n) is 18.0. The van der Waals surface area contributed by atoms with Gasteiger partial charge in [0, 0.05) is 17.5 Å². The highest BCUT2D eigenvalue weighted by Gasteiger charge is 2.23. The highest BCUT2D eigenvalue weighted by molar-refractivity contribution is 7.99. The van der Waals surface area contributed by atoms with Gasteiger partial charge < -0.3 is 14.8 Å². The van der Waals surface area contributed by atoms with Gasteiger partial charge in [-0.15, -0.1) is 11.3 Å². The van der Waals surface area contributed by atoms with Gasteiger partial charge in [0.25, 0.3) is 5.56 Å². The SMILES string of the molecule is COc1ccc(OC)c(C(C)NC(=O)CSc2nc3sc4c(c3c(=O)n2C)CCC4)c1. The molecule has 0 saturated heterocycles. The van der Waals surface area contributed by atoms with Crippen molar-refractivity contribution in [2.24, 2.45) is 7.05 Å². The highest BCUT2D eigenvalue weighted by Crippen LogP contribution is 2.35. The van der Waals surface area contributed by atoms with Crippen LogP contribution in [0.4, 0.5) is 0 Å². The van der Waals surface area contributed by atoms with Crippen LogP contribution < -0.4 is 20.3 Å². The number of nitrogens with zero attached hydrogens (tertiary/aromatic N) is 2. The van der Waals surface area contributed by atoms with Crippen molar-refractivity contribution in [3.63, 3.8) is 0 Å². The molecule has 0 bridgehead atoms. The maximum absolute atomic E-state index is 12.9. The monoisotopic (exact) mass is 459 g/mol. The van der Waals surface area contributed by atoms with Gasteiger partial charge in [-0.25, -0.2) is 4.98 Å². The molecule has 1 aliphatic carbocycles. The number of thioether (sulfide) groups is 1. The second-order valence-corrected chi connectivity index (χ2v) is 9.51. The Balaban J connectivity index is 1.47. The van der Waals surface area contributed by atoms with E-state index in [0.717, 1.165) is 35.0 Å². The Morgan fingerprint density at radius 3 is 2.87 bits per heavy atom.